The first-order valence-electron chi connectivity index (χ1n) is 6.26. The van der Waals surface area contributed by atoms with Crippen LogP contribution in [0.15, 0.2) is 18.2 Å². The minimum absolute atomic E-state index is 0.0308. The molecule has 0 fully saturated rings. The zero-order valence-electron chi connectivity index (χ0n) is 11.2. The van der Waals surface area contributed by atoms with Gasteiger partial charge in [-0.3, -0.25) is 4.79 Å². The van der Waals surface area contributed by atoms with Gasteiger partial charge in [0.1, 0.15) is 5.75 Å². The van der Waals surface area contributed by atoms with Gasteiger partial charge in [-0.2, -0.15) is 0 Å². The van der Waals surface area contributed by atoms with Crippen molar-refractivity contribution < 1.29 is 9.53 Å². The third-order valence-electron chi connectivity index (χ3n) is 2.67. The summed E-state index contributed by atoms with van der Waals surface area (Å²) in [7, 11) is 1.56. The first-order chi connectivity index (χ1) is 8.63. The number of hydrogen-bond acceptors (Lipinski definition) is 2. The molecule has 0 atom stereocenters. The van der Waals surface area contributed by atoms with Gasteiger partial charge < -0.3 is 9.64 Å². The first-order valence-corrected chi connectivity index (χ1v) is 6.64. The molecule has 0 aliphatic heterocycles. The lowest BCUT2D eigenvalue weighted by Gasteiger charge is -2.21. The molecule has 0 aliphatic carbocycles. The molecule has 1 amide bonds. The third kappa shape index (κ3) is 3.64. The Kier molecular flexibility index (Phi) is 5.99. The van der Waals surface area contributed by atoms with Gasteiger partial charge in [-0.05, 0) is 31.0 Å². The number of hydrogen-bond donors (Lipinski definition) is 0. The SMILES string of the molecule is CCCN(CCC)C(=O)c1ccc(OC)c(Cl)c1. The van der Waals surface area contributed by atoms with Crippen LogP contribution in [-0.2, 0) is 0 Å². The number of amides is 1. The van der Waals surface area contributed by atoms with Crippen molar-refractivity contribution in [2.75, 3.05) is 20.2 Å². The van der Waals surface area contributed by atoms with Crippen LogP contribution < -0.4 is 4.74 Å². The summed E-state index contributed by atoms with van der Waals surface area (Å²) in [5, 5.41) is 0.469. The molecular formula is C14H20ClNO2. The van der Waals surface area contributed by atoms with Crippen molar-refractivity contribution in [3.05, 3.63) is 28.8 Å². The average molecular weight is 270 g/mol. The van der Waals surface area contributed by atoms with E-state index in [1.807, 2.05) is 4.90 Å². The lowest BCUT2D eigenvalue weighted by Crippen LogP contribution is -2.32. The molecule has 0 saturated heterocycles. The van der Waals surface area contributed by atoms with Crippen molar-refractivity contribution in [1.82, 2.24) is 4.90 Å². The fourth-order valence-corrected chi connectivity index (χ4v) is 2.09. The Hall–Kier alpha value is -1.22. The topological polar surface area (TPSA) is 29.5 Å². The third-order valence-corrected chi connectivity index (χ3v) is 2.97. The molecule has 0 N–H and O–H groups in total. The molecule has 0 aliphatic rings. The normalized spacial score (nSPS) is 10.2. The molecule has 1 aromatic rings. The number of halogens is 1. The molecule has 0 radical (unpaired) electrons. The van der Waals surface area contributed by atoms with Crippen molar-refractivity contribution >= 4 is 17.5 Å². The van der Waals surface area contributed by atoms with Crippen LogP contribution in [0.25, 0.3) is 0 Å². The number of nitrogens with zero attached hydrogens (tertiary/aromatic N) is 1. The Morgan fingerprint density at radius 3 is 2.33 bits per heavy atom. The van der Waals surface area contributed by atoms with Crippen molar-refractivity contribution in [3.63, 3.8) is 0 Å². The highest BCUT2D eigenvalue weighted by Gasteiger charge is 2.15. The van der Waals surface area contributed by atoms with Gasteiger partial charge in [-0.15, -0.1) is 0 Å². The number of benzene rings is 1. The van der Waals surface area contributed by atoms with E-state index in [-0.39, 0.29) is 5.91 Å². The maximum atomic E-state index is 12.3. The highest BCUT2D eigenvalue weighted by Crippen LogP contribution is 2.25. The zero-order chi connectivity index (χ0) is 13.5. The quantitative estimate of drug-likeness (QED) is 0.790. The Morgan fingerprint density at radius 1 is 1.28 bits per heavy atom. The van der Waals surface area contributed by atoms with E-state index in [0.29, 0.717) is 16.3 Å². The van der Waals surface area contributed by atoms with Crippen LogP contribution in [0.1, 0.15) is 37.0 Å². The Balaban J connectivity index is 2.90. The number of carbonyl (C=O) groups is 1. The van der Waals surface area contributed by atoms with E-state index < -0.39 is 0 Å². The van der Waals surface area contributed by atoms with E-state index in [0.717, 1.165) is 25.9 Å². The number of rotatable bonds is 6. The molecule has 0 heterocycles. The Bertz CT molecular complexity index is 401. The van der Waals surface area contributed by atoms with E-state index in [4.69, 9.17) is 16.3 Å². The van der Waals surface area contributed by atoms with Crippen LogP contribution in [0.2, 0.25) is 5.02 Å². The number of methoxy groups -OCH3 is 1. The molecule has 18 heavy (non-hydrogen) atoms. The van der Waals surface area contributed by atoms with Crippen molar-refractivity contribution in [3.8, 4) is 5.75 Å². The average Bonchev–Trinajstić information content (AvgIpc) is 2.37. The van der Waals surface area contributed by atoms with Gasteiger partial charge in [0.05, 0.1) is 12.1 Å². The number of ether oxygens (including phenoxy) is 1. The first kappa shape index (κ1) is 14.8. The van der Waals surface area contributed by atoms with E-state index in [1.165, 1.54) is 0 Å². The van der Waals surface area contributed by atoms with Gasteiger partial charge in [-0.25, -0.2) is 0 Å². The summed E-state index contributed by atoms with van der Waals surface area (Å²) in [6, 6.07) is 5.15. The molecule has 0 spiro atoms. The van der Waals surface area contributed by atoms with Gasteiger partial charge >= 0.3 is 0 Å². The second kappa shape index (κ2) is 7.27. The zero-order valence-corrected chi connectivity index (χ0v) is 12.0. The standard InChI is InChI=1S/C14H20ClNO2/c1-4-8-16(9-5-2)14(17)11-6-7-13(18-3)12(15)10-11/h6-7,10H,4-5,8-9H2,1-3H3. The fourth-order valence-electron chi connectivity index (χ4n) is 1.84. The summed E-state index contributed by atoms with van der Waals surface area (Å²) in [5.74, 6) is 0.619. The van der Waals surface area contributed by atoms with Crippen LogP contribution in [-0.4, -0.2) is 31.0 Å². The van der Waals surface area contributed by atoms with Crippen LogP contribution >= 0.6 is 11.6 Å². The molecule has 100 valence electrons. The maximum Gasteiger partial charge on any atom is 0.253 e. The molecule has 4 heteroatoms. The molecule has 1 aromatic carbocycles. The fraction of sp³-hybridized carbons (Fsp3) is 0.500. The predicted octanol–water partition coefficient (Wildman–Crippen LogP) is 3.61. The molecule has 3 nitrogen and oxygen atoms in total. The highest BCUT2D eigenvalue weighted by atomic mass is 35.5. The molecule has 0 unspecified atom stereocenters. The van der Waals surface area contributed by atoms with Crippen molar-refractivity contribution in [2.24, 2.45) is 0 Å². The predicted molar refractivity (Wildman–Crippen MR) is 74.5 cm³/mol. The largest absolute Gasteiger partial charge is 0.495 e. The Morgan fingerprint density at radius 2 is 1.89 bits per heavy atom. The van der Waals surface area contributed by atoms with Gasteiger partial charge in [0.2, 0.25) is 0 Å². The van der Waals surface area contributed by atoms with Gasteiger partial charge in [0.15, 0.2) is 0 Å². The van der Waals surface area contributed by atoms with Gasteiger partial charge in [-0.1, -0.05) is 25.4 Å². The molecule has 0 bridgehead atoms. The Labute approximate surface area is 114 Å². The van der Waals surface area contributed by atoms with Crippen LogP contribution in [0.5, 0.6) is 5.75 Å². The smallest absolute Gasteiger partial charge is 0.253 e. The second-order valence-electron chi connectivity index (χ2n) is 4.14. The van der Waals surface area contributed by atoms with Crippen LogP contribution in [0.4, 0.5) is 0 Å². The lowest BCUT2D eigenvalue weighted by atomic mass is 10.1. The molecule has 0 aromatic heterocycles. The van der Waals surface area contributed by atoms with Crippen LogP contribution in [0, 0.1) is 0 Å². The summed E-state index contributed by atoms with van der Waals surface area (Å²) < 4.78 is 5.08. The second-order valence-corrected chi connectivity index (χ2v) is 4.55. The van der Waals surface area contributed by atoms with Crippen LogP contribution in [0.3, 0.4) is 0 Å². The maximum absolute atomic E-state index is 12.3. The minimum atomic E-state index is 0.0308. The van der Waals surface area contributed by atoms with E-state index >= 15 is 0 Å². The van der Waals surface area contributed by atoms with E-state index in [2.05, 4.69) is 13.8 Å². The van der Waals surface area contributed by atoms with Crippen molar-refractivity contribution in [2.45, 2.75) is 26.7 Å². The number of carbonyl (C=O) groups excluding carboxylic acids is 1. The lowest BCUT2D eigenvalue weighted by molar-refractivity contribution is 0.0755. The minimum Gasteiger partial charge on any atom is -0.495 e. The molecular weight excluding hydrogens is 250 g/mol. The molecule has 1 rings (SSSR count). The monoisotopic (exact) mass is 269 g/mol. The molecule has 0 saturated carbocycles. The van der Waals surface area contributed by atoms with Gasteiger partial charge in [0.25, 0.3) is 5.91 Å². The summed E-state index contributed by atoms with van der Waals surface area (Å²) in [4.78, 5) is 14.2. The summed E-state index contributed by atoms with van der Waals surface area (Å²) in [6.07, 6.45) is 1.91. The van der Waals surface area contributed by atoms with E-state index in [1.54, 1.807) is 25.3 Å². The summed E-state index contributed by atoms with van der Waals surface area (Å²) in [6.45, 7) is 5.68. The summed E-state index contributed by atoms with van der Waals surface area (Å²) in [5.41, 5.74) is 0.614. The summed E-state index contributed by atoms with van der Waals surface area (Å²) >= 11 is 6.04. The van der Waals surface area contributed by atoms with Crippen molar-refractivity contribution in [1.29, 1.82) is 0 Å². The van der Waals surface area contributed by atoms with E-state index in [9.17, 15) is 4.79 Å². The highest BCUT2D eigenvalue weighted by molar-refractivity contribution is 6.32. The van der Waals surface area contributed by atoms with Gasteiger partial charge in [0, 0.05) is 18.7 Å².